The van der Waals surface area contributed by atoms with E-state index in [-0.39, 0.29) is 12.5 Å². The van der Waals surface area contributed by atoms with Gasteiger partial charge in [0.2, 0.25) is 0 Å². The van der Waals surface area contributed by atoms with E-state index in [1.807, 2.05) is 24.3 Å². The number of halogens is 2. The molecule has 1 aliphatic heterocycles. The van der Waals surface area contributed by atoms with Gasteiger partial charge in [-0.15, -0.1) is 0 Å². The van der Waals surface area contributed by atoms with E-state index >= 15 is 0 Å². The van der Waals surface area contributed by atoms with Crippen LogP contribution in [-0.2, 0) is 19.1 Å². The van der Waals surface area contributed by atoms with Crippen LogP contribution in [0.2, 0.25) is 0 Å². The number of hydrogen-bond donors (Lipinski definition) is 2. The summed E-state index contributed by atoms with van der Waals surface area (Å²) in [6.45, 7) is 5.01. The summed E-state index contributed by atoms with van der Waals surface area (Å²) in [4.78, 5) is 22.1. The number of ether oxygens (including phenoxy) is 2. The van der Waals surface area contributed by atoms with Gasteiger partial charge >= 0.3 is 11.9 Å². The summed E-state index contributed by atoms with van der Waals surface area (Å²) in [5.41, 5.74) is 4.23. The maximum Gasteiger partial charge on any atom is 0.362 e. The number of hydrogen-bond acceptors (Lipinski definition) is 8. The van der Waals surface area contributed by atoms with Crippen LogP contribution >= 0.6 is 58.8 Å². The molecule has 2 aromatic carbocycles. The van der Waals surface area contributed by atoms with Crippen LogP contribution < -0.4 is 0 Å². The van der Waals surface area contributed by atoms with Gasteiger partial charge in [-0.05, 0) is 64.6 Å². The first kappa shape index (κ1) is 27.7. The van der Waals surface area contributed by atoms with Crippen LogP contribution in [0.15, 0.2) is 48.5 Å². The molecule has 2 aliphatic rings. The number of rotatable bonds is 4. The van der Waals surface area contributed by atoms with Crippen LogP contribution in [0.1, 0.15) is 37.8 Å². The molecule has 0 aromatic heterocycles. The third-order valence-corrected chi connectivity index (χ3v) is 6.66. The minimum Gasteiger partial charge on any atom is -0.463 e. The van der Waals surface area contributed by atoms with E-state index in [1.165, 1.54) is 22.3 Å². The molecule has 0 saturated carbocycles. The standard InChI is InChI=1S/C16H14O3.C6H10O3S2.I2/c17-9-16(18)19-10-15-13-7-3-1-5-11(13)12-6-2-4-8-14(12)15;1-5(2,3)9-4(7)6(8)10-11-6;1-2/h1-8,15,17H,9-10H2;8H,1-3H3;. The molecule has 174 valence electrons. The second-order valence-corrected chi connectivity index (χ2v) is 10.6. The topological polar surface area (TPSA) is 93.1 Å². The Morgan fingerprint density at radius 2 is 1.47 bits per heavy atom. The van der Waals surface area contributed by atoms with Gasteiger partial charge in [0.05, 0.1) is 0 Å². The van der Waals surface area contributed by atoms with E-state index in [0.717, 1.165) is 21.6 Å². The van der Waals surface area contributed by atoms with Crippen molar-refractivity contribution >= 4 is 70.8 Å². The SMILES string of the molecule is CC(C)(C)OC(=O)C1(O)SS1.II.O=C(CO)OCC1c2ccccc2-c2ccccc21. The lowest BCUT2D eigenvalue weighted by Crippen LogP contribution is -2.31. The zero-order valence-electron chi connectivity index (χ0n) is 17.7. The fraction of sp³-hybridized carbons (Fsp3) is 0.364. The third-order valence-electron chi connectivity index (χ3n) is 4.40. The highest BCUT2D eigenvalue weighted by Gasteiger charge is 2.54. The molecule has 1 saturated heterocycles. The lowest BCUT2D eigenvalue weighted by atomic mass is 9.98. The summed E-state index contributed by atoms with van der Waals surface area (Å²) < 4.78 is 8.72. The van der Waals surface area contributed by atoms with Crippen molar-refractivity contribution < 1.29 is 29.3 Å². The van der Waals surface area contributed by atoms with Gasteiger partial charge in [-0.3, -0.25) is 0 Å². The molecule has 0 radical (unpaired) electrons. The number of aliphatic hydroxyl groups is 2. The van der Waals surface area contributed by atoms with E-state index in [4.69, 9.17) is 14.6 Å². The zero-order chi connectivity index (χ0) is 23.9. The van der Waals surface area contributed by atoms with Crippen LogP contribution in [0.3, 0.4) is 0 Å². The first-order chi connectivity index (χ1) is 15.1. The zero-order valence-corrected chi connectivity index (χ0v) is 23.7. The quantitative estimate of drug-likeness (QED) is 0.188. The Balaban J connectivity index is 0.000000239. The highest BCUT2D eigenvalue weighted by Crippen LogP contribution is 2.63. The van der Waals surface area contributed by atoms with Crippen LogP contribution in [0, 0.1) is 0 Å². The number of benzene rings is 2. The van der Waals surface area contributed by atoms with E-state index in [9.17, 15) is 14.7 Å². The normalized spacial score (nSPS) is 15.1. The van der Waals surface area contributed by atoms with Gasteiger partial charge in [0.1, 0.15) is 18.8 Å². The van der Waals surface area contributed by atoms with Gasteiger partial charge in [0, 0.05) is 43.1 Å². The van der Waals surface area contributed by atoms with Gasteiger partial charge in [0.15, 0.2) is 0 Å². The van der Waals surface area contributed by atoms with Crippen molar-refractivity contribution in [2.45, 2.75) is 36.6 Å². The summed E-state index contributed by atoms with van der Waals surface area (Å²) in [5.74, 6) is -1.08. The van der Waals surface area contributed by atoms with Gasteiger partial charge in [-0.2, -0.15) is 0 Å². The monoisotopic (exact) mass is 702 g/mol. The van der Waals surface area contributed by atoms with Crippen LogP contribution in [0.5, 0.6) is 0 Å². The summed E-state index contributed by atoms with van der Waals surface area (Å²) in [6, 6.07) is 16.3. The second kappa shape index (κ2) is 12.2. The number of fused-ring (bicyclic) bond motifs is 3. The molecule has 32 heavy (non-hydrogen) atoms. The molecule has 0 spiro atoms. The summed E-state index contributed by atoms with van der Waals surface area (Å²) >= 11 is 4.24. The Kier molecular flexibility index (Phi) is 10.6. The van der Waals surface area contributed by atoms with Crippen molar-refractivity contribution in [2.24, 2.45) is 0 Å². The first-order valence-corrected chi connectivity index (χ1v) is 18.0. The molecule has 10 heteroatoms. The Morgan fingerprint density at radius 3 is 1.88 bits per heavy atom. The molecule has 0 unspecified atom stereocenters. The minimum absolute atomic E-state index is 0.0582. The lowest BCUT2D eigenvalue weighted by molar-refractivity contribution is -0.161. The number of esters is 2. The maximum atomic E-state index is 11.1. The van der Waals surface area contributed by atoms with Gasteiger partial charge < -0.3 is 19.7 Å². The Morgan fingerprint density at radius 1 is 1.00 bits per heavy atom. The lowest BCUT2D eigenvalue weighted by Gasteiger charge is -2.20. The van der Waals surface area contributed by atoms with E-state index < -0.39 is 28.4 Å². The van der Waals surface area contributed by atoms with Crippen molar-refractivity contribution in [3.63, 3.8) is 0 Å². The van der Waals surface area contributed by atoms with Crippen molar-refractivity contribution in [2.75, 3.05) is 13.2 Å². The van der Waals surface area contributed by atoms with Crippen LogP contribution in [0.25, 0.3) is 11.1 Å². The molecule has 0 bridgehead atoms. The molecule has 2 aromatic rings. The molecular formula is C22H24I2O6S2. The second-order valence-electron chi connectivity index (χ2n) is 7.82. The average molecular weight is 702 g/mol. The molecule has 2 N–H and O–H groups in total. The third kappa shape index (κ3) is 7.49. The largest absolute Gasteiger partial charge is 0.463 e. The minimum atomic E-state index is -1.31. The Labute approximate surface area is 218 Å². The number of aliphatic hydroxyl groups excluding tert-OH is 1. The first-order valence-electron chi connectivity index (χ1n) is 9.56. The van der Waals surface area contributed by atoms with Crippen molar-refractivity contribution in [1.82, 2.24) is 0 Å². The Hall–Kier alpha value is -0.540. The molecule has 0 amide bonds. The van der Waals surface area contributed by atoms with E-state index in [1.54, 1.807) is 20.8 Å². The summed E-state index contributed by atoms with van der Waals surface area (Å²) in [7, 11) is 2.23. The Bertz CT molecular complexity index is 899. The molecule has 0 atom stereocenters. The van der Waals surface area contributed by atoms with Crippen molar-refractivity contribution in [1.29, 1.82) is 0 Å². The fourth-order valence-electron chi connectivity index (χ4n) is 3.11. The summed E-state index contributed by atoms with van der Waals surface area (Å²) in [5, 5.41) is 17.9. The van der Waals surface area contributed by atoms with Gasteiger partial charge in [-0.25, -0.2) is 9.59 Å². The molecule has 1 aliphatic carbocycles. The van der Waals surface area contributed by atoms with Crippen LogP contribution in [0.4, 0.5) is 0 Å². The molecule has 1 fully saturated rings. The predicted octanol–water partition coefficient (Wildman–Crippen LogP) is 5.48. The predicted molar refractivity (Wildman–Crippen MR) is 146 cm³/mol. The maximum absolute atomic E-state index is 11.1. The van der Waals surface area contributed by atoms with Crippen molar-refractivity contribution in [3.05, 3.63) is 59.7 Å². The van der Waals surface area contributed by atoms with E-state index in [0.29, 0.717) is 0 Å². The average Bonchev–Trinajstić information content (AvgIpc) is 3.46. The summed E-state index contributed by atoms with van der Waals surface area (Å²) in [6.07, 6.45) is 0. The number of carbonyl (C=O) groups excluding carboxylic acids is 2. The number of carbonyl (C=O) groups is 2. The molecule has 4 rings (SSSR count). The smallest absolute Gasteiger partial charge is 0.362 e. The highest BCUT2D eigenvalue weighted by molar-refractivity contribution is 15.0. The highest BCUT2D eigenvalue weighted by atomic mass is 128. The molecular weight excluding hydrogens is 678 g/mol. The van der Waals surface area contributed by atoms with Crippen molar-refractivity contribution in [3.8, 4) is 11.1 Å². The van der Waals surface area contributed by atoms with E-state index in [2.05, 4.69) is 61.5 Å². The van der Waals surface area contributed by atoms with Gasteiger partial charge in [-0.1, -0.05) is 48.5 Å². The fourth-order valence-corrected chi connectivity index (χ4v) is 4.05. The molecule has 1 heterocycles. The van der Waals surface area contributed by atoms with Crippen LogP contribution in [-0.4, -0.2) is 45.2 Å². The van der Waals surface area contributed by atoms with Gasteiger partial charge in [0.25, 0.3) is 4.27 Å². The molecule has 6 nitrogen and oxygen atoms in total.